The van der Waals surface area contributed by atoms with Crippen LogP contribution < -0.4 is 10.1 Å². The van der Waals surface area contributed by atoms with Gasteiger partial charge in [0, 0.05) is 17.9 Å². The molecule has 1 aliphatic rings. The van der Waals surface area contributed by atoms with E-state index in [1.54, 1.807) is 18.2 Å². The van der Waals surface area contributed by atoms with Crippen molar-refractivity contribution in [2.75, 3.05) is 11.9 Å². The Kier molecular flexibility index (Phi) is 6.08. The van der Waals surface area contributed by atoms with E-state index >= 15 is 0 Å². The first-order chi connectivity index (χ1) is 12.7. The molecule has 0 atom stereocenters. The number of Topliss-reactive ketones (excluding diaryl/α,β-unsaturated/α-hetero) is 1. The number of anilines is 1. The molecule has 1 amide bonds. The van der Waals surface area contributed by atoms with Crippen molar-refractivity contribution in [3.8, 4) is 5.75 Å². The minimum atomic E-state index is -0.154. The van der Waals surface area contributed by atoms with Crippen LogP contribution in [0.4, 0.5) is 5.13 Å². The van der Waals surface area contributed by atoms with Crippen LogP contribution in [0.5, 0.6) is 5.75 Å². The highest BCUT2D eigenvalue weighted by Gasteiger charge is 2.34. The Hall–Kier alpha value is -1.63. The van der Waals surface area contributed by atoms with E-state index in [0.29, 0.717) is 45.3 Å². The van der Waals surface area contributed by atoms with Crippen LogP contribution in [0.2, 0.25) is 10.0 Å². The van der Waals surface area contributed by atoms with Crippen LogP contribution in [-0.4, -0.2) is 23.3 Å². The number of halogens is 2. The summed E-state index contributed by atoms with van der Waals surface area (Å²) in [6.07, 6.45) is 2.08. The molecular formula is C19H20Cl2N2O3S. The fraction of sp³-hybridized carbons (Fsp3) is 0.421. The van der Waals surface area contributed by atoms with Crippen molar-refractivity contribution in [2.45, 2.75) is 39.5 Å². The maximum absolute atomic E-state index is 12.2. The number of hydrogen-bond donors (Lipinski definition) is 1. The molecule has 1 heterocycles. The normalized spacial score (nSPS) is 15.3. The molecule has 2 aromatic rings. The maximum Gasteiger partial charge on any atom is 0.226 e. The SMILES string of the molecule is CC1(C)CC(=O)c2sc(NC(=O)CCCOc3ccc(Cl)cc3Cl)nc2C1. The van der Waals surface area contributed by atoms with Gasteiger partial charge in [-0.15, -0.1) is 0 Å². The molecule has 3 rings (SSSR count). The molecule has 5 nitrogen and oxygen atoms in total. The Morgan fingerprint density at radius 1 is 1.33 bits per heavy atom. The van der Waals surface area contributed by atoms with Crippen LogP contribution >= 0.6 is 34.5 Å². The highest BCUT2D eigenvalue weighted by atomic mass is 35.5. The third kappa shape index (κ3) is 5.21. The molecule has 0 unspecified atom stereocenters. The zero-order valence-electron chi connectivity index (χ0n) is 15.1. The summed E-state index contributed by atoms with van der Waals surface area (Å²) < 4.78 is 5.57. The number of nitrogens with zero attached hydrogens (tertiary/aromatic N) is 1. The van der Waals surface area contributed by atoms with E-state index < -0.39 is 0 Å². The molecule has 27 heavy (non-hydrogen) atoms. The van der Waals surface area contributed by atoms with Crippen molar-refractivity contribution in [2.24, 2.45) is 5.41 Å². The Morgan fingerprint density at radius 3 is 2.85 bits per heavy atom. The van der Waals surface area contributed by atoms with Crippen LogP contribution in [0, 0.1) is 5.41 Å². The highest BCUT2D eigenvalue weighted by molar-refractivity contribution is 7.17. The average Bonchev–Trinajstić information content (AvgIpc) is 2.94. The molecule has 0 aliphatic heterocycles. The zero-order valence-corrected chi connectivity index (χ0v) is 17.4. The quantitative estimate of drug-likeness (QED) is 0.627. The molecule has 0 bridgehead atoms. The lowest BCUT2D eigenvalue weighted by atomic mass is 9.78. The van der Waals surface area contributed by atoms with Gasteiger partial charge in [-0.3, -0.25) is 9.59 Å². The van der Waals surface area contributed by atoms with Crippen LogP contribution in [0.15, 0.2) is 18.2 Å². The molecular weight excluding hydrogens is 407 g/mol. The second-order valence-electron chi connectivity index (χ2n) is 7.31. The summed E-state index contributed by atoms with van der Waals surface area (Å²) in [5, 5.41) is 4.25. The number of thiazole rings is 1. The fourth-order valence-electron chi connectivity index (χ4n) is 2.96. The Labute approximate surface area is 172 Å². The van der Waals surface area contributed by atoms with Gasteiger partial charge in [0.2, 0.25) is 5.91 Å². The Morgan fingerprint density at radius 2 is 2.11 bits per heavy atom. The largest absolute Gasteiger partial charge is 0.492 e. The van der Waals surface area contributed by atoms with Gasteiger partial charge in [-0.25, -0.2) is 4.98 Å². The van der Waals surface area contributed by atoms with Crippen LogP contribution in [0.3, 0.4) is 0 Å². The number of fused-ring (bicyclic) bond motifs is 1. The molecule has 0 radical (unpaired) electrons. The van der Waals surface area contributed by atoms with Crippen LogP contribution in [-0.2, 0) is 11.2 Å². The first-order valence-corrected chi connectivity index (χ1v) is 10.2. The lowest BCUT2D eigenvalue weighted by molar-refractivity contribution is -0.116. The van der Waals surface area contributed by atoms with Gasteiger partial charge < -0.3 is 10.1 Å². The van der Waals surface area contributed by atoms with Gasteiger partial charge in [0.25, 0.3) is 0 Å². The predicted molar refractivity (Wildman–Crippen MR) is 108 cm³/mol. The van der Waals surface area contributed by atoms with Crippen molar-refractivity contribution >= 4 is 51.4 Å². The smallest absolute Gasteiger partial charge is 0.226 e. The molecule has 8 heteroatoms. The fourth-order valence-corrected chi connectivity index (χ4v) is 4.36. The maximum atomic E-state index is 12.2. The minimum absolute atomic E-state index is 0.0836. The van der Waals surface area contributed by atoms with Gasteiger partial charge in [-0.1, -0.05) is 48.4 Å². The molecule has 1 aliphatic carbocycles. The lowest BCUT2D eigenvalue weighted by Crippen LogP contribution is -2.26. The van der Waals surface area contributed by atoms with E-state index in [9.17, 15) is 9.59 Å². The summed E-state index contributed by atoms with van der Waals surface area (Å²) in [7, 11) is 0. The van der Waals surface area contributed by atoms with Gasteiger partial charge in [-0.05, 0) is 36.5 Å². The predicted octanol–water partition coefficient (Wildman–Crippen LogP) is 5.40. The number of rotatable bonds is 6. The van der Waals surface area contributed by atoms with E-state index in [4.69, 9.17) is 27.9 Å². The number of carbonyl (C=O) groups excluding carboxylic acids is 2. The van der Waals surface area contributed by atoms with Crippen LogP contribution in [0.25, 0.3) is 0 Å². The van der Waals surface area contributed by atoms with Gasteiger partial charge in [0.1, 0.15) is 5.75 Å². The number of nitrogens with one attached hydrogen (secondary N) is 1. The van der Waals surface area contributed by atoms with E-state index in [1.807, 2.05) is 0 Å². The highest BCUT2D eigenvalue weighted by Crippen LogP contribution is 2.38. The molecule has 1 aromatic heterocycles. The number of ether oxygens (including phenoxy) is 1. The average molecular weight is 427 g/mol. The van der Waals surface area contributed by atoms with Gasteiger partial charge in [-0.2, -0.15) is 0 Å². The summed E-state index contributed by atoms with van der Waals surface area (Å²) in [6, 6.07) is 5.00. The minimum Gasteiger partial charge on any atom is -0.492 e. The van der Waals surface area contributed by atoms with E-state index in [2.05, 4.69) is 24.1 Å². The standard InChI is InChI=1S/C19H20Cl2N2O3S/c1-19(2)9-13-17(14(24)10-19)27-18(22-13)23-16(25)4-3-7-26-15-6-5-11(20)8-12(15)21/h5-6,8H,3-4,7,9-10H2,1-2H3,(H,22,23,25). The number of ketones is 1. The molecule has 0 spiro atoms. The van der Waals surface area contributed by atoms with E-state index in [1.165, 1.54) is 11.3 Å². The number of benzene rings is 1. The topological polar surface area (TPSA) is 68.3 Å². The number of carbonyl (C=O) groups is 2. The summed E-state index contributed by atoms with van der Waals surface area (Å²) in [5.74, 6) is 0.487. The zero-order chi connectivity index (χ0) is 19.6. The number of aromatic nitrogens is 1. The van der Waals surface area contributed by atoms with Crippen molar-refractivity contribution in [3.63, 3.8) is 0 Å². The number of hydrogen-bond acceptors (Lipinski definition) is 5. The molecule has 0 saturated carbocycles. The summed E-state index contributed by atoms with van der Waals surface area (Å²) >= 11 is 13.1. The molecule has 0 saturated heterocycles. The Bertz CT molecular complexity index is 880. The lowest BCUT2D eigenvalue weighted by Gasteiger charge is -2.26. The molecule has 0 fully saturated rings. The van der Waals surface area contributed by atoms with Gasteiger partial charge >= 0.3 is 0 Å². The van der Waals surface area contributed by atoms with E-state index in [0.717, 1.165) is 12.1 Å². The third-order valence-electron chi connectivity index (χ3n) is 4.18. The van der Waals surface area contributed by atoms with Crippen molar-refractivity contribution < 1.29 is 14.3 Å². The summed E-state index contributed by atoms with van der Waals surface area (Å²) in [4.78, 5) is 29.5. The van der Waals surface area contributed by atoms with Crippen LogP contribution in [0.1, 0.15) is 48.5 Å². The third-order valence-corrected chi connectivity index (χ3v) is 5.77. The summed E-state index contributed by atoms with van der Waals surface area (Å²) in [5.41, 5.74) is 0.706. The Balaban J connectivity index is 1.48. The van der Waals surface area contributed by atoms with Crippen molar-refractivity contribution in [3.05, 3.63) is 38.8 Å². The molecule has 144 valence electrons. The summed E-state index contributed by atoms with van der Waals surface area (Å²) in [6.45, 7) is 4.46. The number of amides is 1. The van der Waals surface area contributed by atoms with Gasteiger partial charge in [0.05, 0.1) is 22.2 Å². The van der Waals surface area contributed by atoms with Crippen molar-refractivity contribution in [1.29, 1.82) is 0 Å². The van der Waals surface area contributed by atoms with E-state index in [-0.39, 0.29) is 23.5 Å². The second kappa shape index (κ2) is 8.17. The van der Waals surface area contributed by atoms with Crippen molar-refractivity contribution in [1.82, 2.24) is 4.98 Å². The first kappa shape index (κ1) is 20.1. The first-order valence-electron chi connectivity index (χ1n) is 8.64. The molecule has 1 N–H and O–H groups in total. The van der Waals surface area contributed by atoms with Gasteiger partial charge in [0.15, 0.2) is 10.9 Å². The molecule has 1 aromatic carbocycles. The monoisotopic (exact) mass is 426 g/mol. The second-order valence-corrected chi connectivity index (χ2v) is 9.15.